The molecule has 2 heterocycles. The summed E-state index contributed by atoms with van der Waals surface area (Å²) in [6.07, 6.45) is 7.46. The average Bonchev–Trinajstić information content (AvgIpc) is 2.76. The van der Waals surface area contributed by atoms with Gasteiger partial charge < -0.3 is 5.32 Å². The van der Waals surface area contributed by atoms with E-state index >= 15 is 0 Å². The van der Waals surface area contributed by atoms with Gasteiger partial charge in [0.15, 0.2) is 0 Å². The van der Waals surface area contributed by atoms with E-state index in [0.29, 0.717) is 13.0 Å². The molecule has 0 aliphatic carbocycles. The van der Waals surface area contributed by atoms with Gasteiger partial charge in [-0.2, -0.15) is 5.10 Å². The summed E-state index contributed by atoms with van der Waals surface area (Å²) in [4.78, 5) is 4.58. The summed E-state index contributed by atoms with van der Waals surface area (Å²) in [5, 5.41) is 10.2. The number of pyridine rings is 1. The first-order valence-corrected chi connectivity index (χ1v) is 10.4. The lowest BCUT2D eigenvalue weighted by atomic mass is 10.1. The standard InChI is InChI=1S/C25H29FN4/c1-5-18(3)25(27-6-2)17-30-19(4)7-14-24(29-30)21-10-13-23(28-16-21)15-20-8-11-22(26)12-9-20/h7-14,16,27H,4-6,15,17H2,1-3H3/b25-18-. The van der Waals surface area contributed by atoms with E-state index in [1.807, 2.05) is 35.5 Å². The lowest BCUT2D eigenvalue weighted by Crippen LogP contribution is -2.29. The number of hydrazone groups is 1. The highest BCUT2D eigenvalue weighted by atomic mass is 19.1. The third kappa shape index (κ3) is 5.44. The number of halogens is 1. The van der Waals surface area contributed by atoms with E-state index in [-0.39, 0.29) is 5.82 Å². The Hall–Kier alpha value is -3.21. The van der Waals surface area contributed by atoms with Crippen molar-refractivity contribution in [3.8, 4) is 0 Å². The molecule has 156 valence electrons. The van der Waals surface area contributed by atoms with E-state index in [2.05, 4.69) is 37.7 Å². The fraction of sp³-hybridized carbons (Fsp3) is 0.280. The molecule has 0 fully saturated rings. The van der Waals surface area contributed by atoms with Crippen LogP contribution in [0.15, 0.2) is 83.4 Å². The minimum absolute atomic E-state index is 0.225. The third-order valence-electron chi connectivity index (χ3n) is 5.16. The Morgan fingerprint density at radius 2 is 1.87 bits per heavy atom. The van der Waals surface area contributed by atoms with Crippen LogP contribution in [0.4, 0.5) is 4.39 Å². The minimum atomic E-state index is -0.225. The summed E-state index contributed by atoms with van der Waals surface area (Å²) >= 11 is 0. The van der Waals surface area contributed by atoms with Gasteiger partial charge in [-0.1, -0.05) is 31.2 Å². The van der Waals surface area contributed by atoms with E-state index in [4.69, 9.17) is 5.10 Å². The van der Waals surface area contributed by atoms with E-state index in [0.717, 1.165) is 41.2 Å². The van der Waals surface area contributed by atoms with Gasteiger partial charge in [0.25, 0.3) is 0 Å². The molecule has 1 aromatic carbocycles. The Morgan fingerprint density at radius 3 is 2.50 bits per heavy atom. The van der Waals surface area contributed by atoms with Gasteiger partial charge in [0.2, 0.25) is 0 Å². The highest BCUT2D eigenvalue weighted by molar-refractivity contribution is 6.09. The molecule has 1 aliphatic heterocycles. The minimum Gasteiger partial charge on any atom is -0.387 e. The Balaban J connectivity index is 1.75. The van der Waals surface area contributed by atoms with Crippen LogP contribution in [0.2, 0.25) is 0 Å². The van der Waals surface area contributed by atoms with Gasteiger partial charge in [0, 0.05) is 36.1 Å². The lowest BCUT2D eigenvalue weighted by molar-refractivity contribution is 0.395. The van der Waals surface area contributed by atoms with Crippen LogP contribution >= 0.6 is 0 Å². The highest BCUT2D eigenvalue weighted by Crippen LogP contribution is 2.18. The molecule has 3 rings (SSSR count). The molecular formula is C25H29FN4. The van der Waals surface area contributed by atoms with Crippen LogP contribution in [0, 0.1) is 5.82 Å². The first-order valence-electron chi connectivity index (χ1n) is 10.4. The number of aromatic nitrogens is 1. The second kappa shape index (κ2) is 10.0. The Labute approximate surface area is 178 Å². The zero-order valence-corrected chi connectivity index (χ0v) is 18.0. The third-order valence-corrected chi connectivity index (χ3v) is 5.16. The van der Waals surface area contributed by atoms with E-state index in [1.165, 1.54) is 23.4 Å². The quantitative estimate of drug-likeness (QED) is 0.658. The van der Waals surface area contributed by atoms with Crippen LogP contribution in [-0.4, -0.2) is 28.8 Å². The Kier molecular flexibility index (Phi) is 7.17. The van der Waals surface area contributed by atoms with Crippen LogP contribution < -0.4 is 5.32 Å². The number of nitrogens with zero attached hydrogens (tertiary/aromatic N) is 3. The maximum atomic E-state index is 13.1. The largest absolute Gasteiger partial charge is 0.387 e. The summed E-state index contributed by atoms with van der Waals surface area (Å²) in [6, 6.07) is 10.5. The molecule has 0 unspecified atom stereocenters. The normalized spacial score (nSPS) is 14.5. The van der Waals surface area contributed by atoms with Crippen LogP contribution in [0.5, 0.6) is 0 Å². The smallest absolute Gasteiger partial charge is 0.123 e. The monoisotopic (exact) mass is 404 g/mol. The molecule has 0 atom stereocenters. The number of benzene rings is 1. The summed E-state index contributed by atoms with van der Waals surface area (Å²) in [6.45, 7) is 12.1. The van der Waals surface area contributed by atoms with Crippen molar-refractivity contribution in [1.82, 2.24) is 15.3 Å². The van der Waals surface area contributed by atoms with E-state index in [9.17, 15) is 4.39 Å². The van der Waals surface area contributed by atoms with Crippen molar-refractivity contribution in [2.24, 2.45) is 5.10 Å². The number of hydrogen-bond donors (Lipinski definition) is 1. The molecule has 5 heteroatoms. The molecule has 0 bridgehead atoms. The van der Waals surface area contributed by atoms with Gasteiger partial charge >= 0.3 is 0 Å². The molecule has 0 amide bonds. The predicted octanol–water partition coefficient (Wildman–Crippen LogP) is 5.19. The Morgan fingerprint density at radius 1 is 1.10 bits per heavy atom. The van der Waals surface area contributed by atoms with Gasteiger partial charge in [-0.05, 0) is 62.2 Å². The van der Waals surface area contributed by atoms with Crippen molar-refractivity contribution in [3.63, 3.8) is 0 Å². The van der Waals surface area contributed by atoms with E-state index < -0.39 is 0 Å². The van der Waals surface area contributed by atoms with Crippen molar-refractivity contribution in [2.45, 2.75) is 33.6 Å². The van der Waals surface area contributed by atoms with Gasteiger partial charge in [0.05, 0.1) is 18.0 Å². The molecule has 0 spiro atoms. The van der Waals surface area contributed by atoms with Gasteiger partial charge in [0.1, 0.15) is 5.82 Å². The van der Waals surface area contributed by atoms with Crippen LogP contribution in [0.25, 0.3) is 0 Å². The maximum Gasteiger partial charge on any atom is 0.123 e. The van der Waals surface area contributed by atoms with Gasteiger partial charge in [-0.3, -0.25) is 9.99 Å². The predicted molar refractivity (Wildman–Crippen MR) is 122 cm³/mol. The molecule has 1 aliphatic rings. The molecule has 30 heavy (non-hydrogen) atoms. The molecular weight excluding hydrogens is 375 g/mol. The number of rotatable bonds is 8. The highest BCUT2D eigenvalue weighted by Gasteiger charge is 2.15. The van der Waals surface area contributed by atoms with Crippen molar-refractivity contribution < 1.29 is 4.39 Å². The van der Waals surface area contributed by atoms with Crippen molar-refractivity contribution in [3.05, 3.63) is 101 Å². The summed E-state index contributed by atoms with van der Waals surface area (Å²) in [5.41, 5.74) is 7.14. The zero-order chi connectivity index (χ0) is 21.5. The fourth-order valence-electron chi connectivity index (χ4n) is 3.19. The first kappa shape index (κ1) is 21.5. The average molecular weight is 405 g/mol. The van der Waals surface area contributed by atoms with Crippen molar-refractivity contribution in [2.75, 3.05) is 13.1 Å². The van der Waals surface area contributed by atoms with Gasteiger partial charge in [-0.25, -0.2) is 4.39 Å². The van der Waals surface area contributed by atoms with Crippen LogP contribution in [0.1, 0.15) is 44.0 Å². The topological polar surface area (TPSA) is 40.5 Å². The summed E-state index contributed by atoms with van der Waals surface area (Å²) in [7, 11) is 0. The maximum absolute atomic E-state index is 13.1. The number of hydrogen-bond acceptors (Lipinski definition) is 4. The summed E-state index contributed by atoms with van der Waals surface area (Å²) in [5.74, 6) is -0.225. The van der Waals surface area contributed by atoms with Crippen LogP contribution in [-0.2, 0) is 6.42 Å². The lowest BCUT2D eigenvalue weighted by Gasteiger charge is -2.26. The SMILES string of the molecule is C=C1C=CC(c2ccc(Cc3ccc(F)cc3)nc2)=NN1C/C(NCC)=C(\C)CC. The Bertz CT molecular complexity index is 969. The van der Waals surface area contributed by atoms with Crippen LogP contribution in [0.3, 0.4) is 0 Å². The van der Waals surface area contributed by atoms with Crippen molar-refractivity contribution in [1.29, 1.82) is 0 Å². The molecule has 2 aromatic rings. The molecule has 0 saturated heterocycles. The molecule has 0 radical (unpaired) electrons. The second-order valence-corrected chi connectivity index (χ2v) is 7.35. The van der Waals surface area contributed by atoms with Crippen molar-refractivity contribution >= 4 is 5.71 Å². The number of allylic oxidation sites excluding steroid dienone is 3. The molecule has 1 aromatic heterocycles. The number of likely N-dealkylation sites (N-methyl/N-ethyl adjacent to an activating group) is 1. The fourth-order valence-corrected chi connectivity index (χ4v) is 3.19. The second-order valence-electron chi connectivity index (χ2n) is 7.35. The molecule has 4 nitrogen and oxygen atoms in total. The first-order chi connectivity index (χ1) is 14.5. The van der Waals surface area contributed by atoms with Gasteiger partial charge in [-0.15, -0.1) is 0 Å². The summed E-state index contributed by atoms with van der Waals surface area (Å²) < 4.78 is 13.1. The molecule has 0 saturated carbocycles. The number of nitrogens with one attached hydrogen (secondary N) is 1. The zero-order valence-electron chi connectivity index (χ0n) is 18.0. The molecule has 1 N–H and O–H groups in total. The van der Waals surface area contributed by atoms with E-state index in [1.54, 1.807) is 12.1 Å².